The molecule has 27 heavy (non-hydrogen) atoms. The molecule has 0 atom stereocenters. The first-order chi connectivity index (χ1) is 12.9. The van der Waals surface area contributed by atoms with Gasteiger partial charge in [0.15, 0.2) is 6.61 Å². The number of amides is 1. The number of esters is 1. The van der Waals surface area contributed by atoms with Crippen LogP contribution in [0.3, 0.4) is 0 Å². The summed E-state index contributed by atoms with van der Waals surface area (Å²) in [7, 11) is 0. The van der Waals surface area contributed by atoms with Crippen molar-refractivity contribution in [3.63, 3.8) is 0 Å². The van der Waals surface area contributed by atoms with Crippen LogP contribution in [-0.4, -0.2) is 24.3 Å². The monoisotopic (exact) mass is 385 g/mol. The molecule has 0 fully saturated rings. The third-order valence-electron chi connectivity index (χ3n) is 3.95. The van der Waals surface area contributed by atoms with Gasteiger partial charge in [-0.3, -0.25) is 9.59 Å². The van der Waals surface area contributed by atoms with Crippen molar-refractivity contribution in [1.82, 2.24) is 0 Å². The van der Waals surface area contributed by atoms with Gasteiger partial charge in [-0.2, -0.15) is 0 Å². The number of anilines is 1. The second-order valence-corrected chi connectivity index (χ2v) is 6.98. The quantitative estimate of drug-likeness (QED) is 0.524. The topological polar surface area (TPSA) is 72.5 Å². The van der Waals surface area contributed by atoms with E-state index < -0.39 is 24.2 Å². The SMILES string of the molecule is CC(=O)Nc1ccc(C(=O)COC(=O)c2sc3ccccc3c2C)c(F)c1. The van der Waals surface area contributed by atoms with E-state index in [0.29, 0.717) is 4.88 Å². The van der Waals surface area contributed by atoms with E-state index in [1.807, 2.05) is 31.2 Å². The molecule has 3 aromatic rings. The van der Waals surface area contributed by atoms with Crippen molar-refractivity contribution in [2.24, 2.45) is 0 Å². The van der Waals surface area contributed by atoms with Crippen molar-refractivity contribution in [1.29, 1.82) is 0 Å². The van der Waals surface area contributed by atoms with E-state index in [9.17, 15) is 18.8 Å². The number of halogens is 1. The first-order valence-electron chi connectivity index (χ1n) is 8.12. The molecule has 5 nitrogen and oxygen atoms in total. The van der Waals surface area contributed by atoms with Crippen LogP contribution in [0.4, 0.5) is 10.1 Å². The molecule has 2 aromatic carbocycles. The lowest BCUT2D eigenvalue weighted by molar-refractivity contribution is -0.114. The van der Waals surface area contributed by atoms with Crippen LogP contribution < -0.4 is 5.32 Å². The smallest absolute Gasteiger partial charge is 0.349 e. The average molecular weight is 385 g/mol. The summed E-state index contributed by atoms with van der Waals surface area (Å²) < 4.78 is 20.1. The molecule has 0 spiro atoms. The second kappa shape index (κ2) is 7.67. The minimum atomic E-state index is -0.791. The Hall–Kier alpha value is -3.06. The maximum Gasteiger partial charge on any atom is 0.349 e. The number of hydrogen-bond acceptors (Lipinski definition) is 5. The number of fused-ring (bicyclic) bond motifs is 1. The van der Waals surface area contributed by atoms with Crippen molar-refractivity contribution in [2.45, 2.75) is 13.8 Å². The fraction of sp³-hybridized carbons (Fsp3) is 0.150. The number of Topliss-reactive ketones (excluding diaryl/α,β-unsaturated/α-hetero) is 1. The van der Waals surface area contributed by atoms with Gasteiger partial charge in [-0.05, 0) is 42.1 Å². The lowest BCUT2D eigenvalue weighted by Gasteiger charge is -2.07. The molecule has 0 saturated carbocycles. The maximum atomic E-state index is 14.1. The van der Waals surface area contributed by atoms with Crippen molar-refractivity contribution >= 4 is 44.8 Å². The number of benzene rings is 2. The fourth-order valence-electron chi connectivity index (χ4n) is 2.67. The van der Waals surface area contributed by atoms with E-state index >= 15 is 0 Å². The number of ether oxygens (including phenoxy) is 1. The number of rotatable bonds is 5. The highest BCUT2D eigenvalue weighted by Crippen LogP contribution is 2.31. The van der Waals surface area contributed by atoms with E-state index in [1.54, 1.807) is 0 Å². The highest BCUT2D eigenvalue weighted by atomic mass is 32.1. The average Bonchev–Trinajstić information content (AvgIpc) is 2.96. The Balaban J connectivity index is 1.70. The number of thiophene rings is 1. The van der Waals surface area contributed by atoms with Crippen LogP contribution in [0.5, 0.6) is 0 Å². The van der Waals surface area contributed by atoms with Crippen molar-refractivity contribution in [2.75, 3.05) is 11.9 Å². The molecule has 0 aliphatic carbocycles. The van der Waals surface area contributed by atoms with Gasteiger partial charge in [0.1, 0.15) is 10.7 Å². The summed E-state index contributed by atoms with van der Waals surface area (Å²) in [5, 5.41) is 3.39. The van der Waals surface area contributed by atoms with Crippen LogP contribution in [0.2, 0.25) is 0 Å². The molecule has 1 N–H and O–H groups in total. The predicted octanol–water partition coefficient (Wildman–Crippen LogP) is 4.35. The Labute approximate surface area is 158 Å². The second-order valence-electron chi connectivity index (χ2n) is 5.93. The zero-order valence-electron chi connectivity index (χ0n) is 14.7. The Morgan fingerprint density at radius 2 is 1.89 bits per heavy atom. The summed E-state index contributed by atoms with van der Waals surface area (Å²) in [4.78, 5) is 35.9. The zero-order valence-corrected chi connectivity index (χ0v) is 15.5. The largest absolute Gasteiger partial charge is 0.453 e. The highest BCUT2D eigenvalue weighted by molar-refractivity contribution is 7.21. The van der Waals surface area contributed by atoms with E-state index in [0.717, 1.165) is 21.7 Å². The van der Waals surface area contributed by atoms with E-state index in [4.69, 9.17) is 4.74 Å². The molecule has 0 unspecified atom stereocenters. The van der Waals surface area contributed by atoms with Gasteiger partial charge in [-0.15, -0.1) is 11.3 Å². The van der Waals surface area contributed by atoms with E-state index in [2.05, 4.69) is 5.32 Å². The molecule has 3 rings (SSSR count). The number of ketones is 1. The maximum absolute atomic E-state index is 14.1. The van der Waals surface area contributed by atoms with Gasteiger partial charge in [0, 0.05) is 17.3 Å². The van der Waals surface area contributed by atoms with Crippen LogP contribution in [0.25, 0.3) is 10.1 Å². The number of carbonyl (C=O) groups excluding carboxylic acids is 3. The van der Waals surface area contributed by atoms with Gasteiger partial charge in [0.25, 0.3) is 0 Å². The molecule has 0 saturated heterocycles. The molecule has 0 bridgehead atoms. The van der Waals surface area contributed by atoms with Crippen LogP contribution in [-0.2, 0) is 9.53 Å². The van der Waals surface area contributed by atoms with Crippen molar-refractivity contribution in [3.05, 3.63) is 64.3 Å². The summed E-state index contributed by atoms with van der Waals surface area (Å²) in [5.41, 5.74) is 0.832. The van der Waals surface area contributed by atoms with Gasteiger partial charge < -0.3 is 10.1 Å². The first-order valence-corrected chi connectivity index (χ1v) is 8.94. The summed E-state index contributed by atoms with van der Waals surface area (Å²) in [6.07, 6.45) is 0. The molecule has 0 radical (unpaired) electrons. The lowest BCUT2D eigenvalue weighted by atomic mass is 10.1. The summed E-state index contributed by atoms with van der Waals surface area (Å²) >= 11 is 1.29. The molecule has 1 aromatic heterocycles. The van der Waals surface area contributed by atoms with E-state index in [1.165, 1.54) is 30.4 Å². The first kappa shape index (κ1) is 18.7. The number of nitrogens with one attached hydrogen (secondary N) is 1. The minimum Gasteiger partial charge on any atom is -0.453 e. The molecular weight excluding hydrogens is 369 g/mol. The number of hydrogen-bond donors (Lipinski definition) is 1. The van der Waals surface area contributed by atoms with Crippen LogP contribution >= 0.6 is 11.3 Å². The number of carbonyl (C=O) groups is 3. The van der Waals surface area contributed by atoms with Gasteiger partial charge in [0.2, 0.25) is 11.7 Å². The molecule has 0 aliphatic rings. The molecular formula is C20H16FNO4S. The molecule has 0 aliphatic heterocycles. The lowest BCUT2D eigenvalue weighted by Crippen LogP contribution is -2.15. The standard InChI is InChI=1S/C20H16FNO4S/c1-11-14-5-3-4-6-18(14)27-19(11)20(25)26-10-17(24)15-8-7-13(9-16(15)21)22-12(2)23/h3-9H,10H2,1-2H3,(H,22,23). The zero-order chi connectivity index (χ0) is 19.6. The van der Waals surface area contributed by atoms with Crippen LogP contribution in [0, 0.1) is 12.7 Å². The van der Waals surface area contributed by atoms with Crippen LogP contribution in [0.1, 0.15) is 32.5 Å². The van der Waals surface area contributed by atoms with E-state index in [-0.39, 0.29) is 17.2 Å². The van der Waals surface area contributed by atoms with Crippen molar-refractivity contribution < 1.29 is 23.5 Å². The van der Waals surface area contributed by atoms with Crippen molar-refractivity contribution in [3.8, 4) is 0 Å². The Bertz CT molecular complexity index is 1060. The van der Waals surface area contributed by atoms with Crippen LogP contribution in [0.15, 0.2) is 42.5 Å². The number of aryl methyl sites for hydroxylation is 1. The van der Waals surface area contributed by atoms with Gasteiger partial charge in [-0.25, -0.2) is 9.18 Å². The Kier molecular flexibility index (Phi) is 5.32. The minimum absolute atomic E-state index is 0.204. The van der Waals surface area contributed by atoms with Gasteiger partial charge in [0.05, 0.1) is 5.56 Å². The third kappa shape index (κ3) is 4.03. The normalized spacial score (nSPS) is 10.6. The summed E-state index contributed by atoms with van der Waals surface area (Å²) in [6, 6.07) is 11.3. The molecule has 138 valence electrons. The Morgan fingerprint density at radius 1 is 1.15 bits per heavy atom. The predicted molar refractivity (Wildman–Crippen MR) is 102 cm³/mol. The Morgan fingerprint density at radius 3 is 2.56 bits per heavy atom. The molecule has 7 heteroatoms. The van der Waals surface area contributed by atoms with Gasteiger partial charge >= 0.3 is 5.97 Å². The fourth-order valence-corrected chi connectivity index (χ4v) is 3.77. The highest BCUT2D eigenvalue weighted by Gasteiger charge is 2.19. The third-order valence-corrected chi connectivity index (χ3v) is 5.21. The van der Waals surface area contributed by atoms with Gasteiger partial charge in [-0.1, -0.05) is 18.2 Å². The molecule has 1 amide bonds. The molecule has 1 heterocycles. The summed E-state index contributed by atoms with van der Waals surface area (Å²) in [5.74, 6) is -2.41. The summed E-state index contributed by atoms with van der Waals surface area (Å²) in [6.45, 7) is 2.55.